The van der Waals surface area contributed by atoms with Crippen LogP contribution in [0, 0.1) is 5.41 Å². The van der Waals surface area contributed by atoms with E-state index >= 15 is 0 Å². The molecule has 3 nitrogen and oxygen atoms in total. The lowest BCUT2D eigenvalue weighted by Crippen LogP contribution is -2.51. The summed E-state index contributed by atoms with van der Waals surface area (Å²) in [6.07, 6.45) is 0.268. The Morgan fingerprint density at radius 3 is 2.46 bits per heavy atom. The first kappa shape index (κ1) is 11.0. The SMILES string of the molecule is COC(C)C(C)NCC1(C)COC1. The van der Waals surface area contributed by atoms with Crippen LogP contribution >= 0.6 is 0 Å². The van der Waals surface area contributed by atoms with Gasteiger partial charge in [0.05, 0.1) is 19.3 Å². The average molecular weight is 187 g/mol. The highest BCUT2D eigenvalue weighted by molar-refractivity contribution is 4.84. The van der Waals surface area contributed by atoms with Gasteiger partial charge in [0.25, 0.3) is 0 Å². The molecule has 1 rings (SSSR count). The molecule has 0 aliphatic carbocycles. The minimum absolute atomic E-state index is 0.268. The fourth-order valence-electron chi connectivity index (χ4n) is 1.33. The first-order valence-corrected chi connectivity index (χ1v) is 4.91. The molecule has 0 bridgehead atoms. The van der Waals surface area contributed by atoms with Crippen molar-refractivity contribution in [3.63, 3.8) is 0 Å². The summed E-state index contributed by atoms with van der Waals surface area (Å²) < 4.78 is 10.4. The van der Waals surface area contributed by atoms with Crippen LogP contribution in [0.5, 0.6) is 0 Å². The van der Waals surface area contributed by atoms with Crippen LogP contribution in [0.1, 0.15) is 20.8 Å². The number of methoxy groups -OCH3 is 1. The molecule has 78 valence electrons. The fraction of sp³-hybridized carbons (Fsp3) is 1.00. The molecule has 1 aliphatic rings. The molecule has 1 heterocycles. The lowest BCUT2D eigenvalue weighted by Gasteiger charge is -2.39. The Bertz CT molecular complexity index is 157. The van der Waals surface area contributed by atoms with Crippen molar-refractivity contribution >= 4 is 0 Å². The molecule has 2 unspecified atom stereocenters. The van der Waals surface area contributed by atoms with Crippen LogP contribution in [0.4, 0.5) is 0 Å². The van der Waals surface area contributed by atoms with Crippen molar-refractivity contribution in [1.29, 1.82) is 0 Å². The predicted molar refractivity (Wildman–Crippen MR) is 52.9 cm³/mol. The largest absolute Gasteiger partial charge is 0.380 e. The Morgan fingerprint density at radius 2 is 2.08 bits per heavy atom. The minimum atomic E-state index is 0.268. The van der Waals surface area contributed by atoms with Gasteiger partial charge in [-0.3, -0.25) is 0 Å². The monoisotopic (exact) mass is 187 g/mol. The maximum absolute atomic E-state index is 5.24. The molecule has 3 heteroatoms. The smallest absolute Gasteiger partial charge is 0.0693 e. The molecule has 1 saturated heterocycles. The molecule has 13 heavy (non-hydrogen) atoms. The summed E-state index contributed by atoms with van der Waals surface area (Å²) in [5, 5.41) is 3.47. The maximum Gasteiger partial charge on any atom is 0.0693 e. The van der Waals surface area contributed by atoms with Gasteiger partial charge in [-0.1, -0.05) is 6.92 Å². The van der Waals surface area contributed by atoms with Crippen LogP contribution in [0.25, 0.3) is 0 Å². The number of nitrogens with one attached hydrogen (secondary N) is 1. The van der Waals surface area contributed by atoms with Crippen molar-refractivity contribution < 1.29 is 9.47 Å². The predicted octanol–water partition coefficient (Wildman–Crippen LogP) is 1.04. The third-order valence-electron chi connectivity index (χ3n) is 2.83. The Labute approximate surface area is 80.8 Å². The molecule has 0 saturated carbocycles. The van der Waals surface area contributed by atoms with Gasteiger partial charge in [0, 0.05) is 25.1 Å². The molecule has 0 aromatic heterocycles. The van der Waals surface area contributed by atoms with E-state index in [2.05, 4.69) is 26.1 Å². The lowest BCUT2D eigenvalue weighted by molar-refractivity contribution is -0.101. The van der Waals surface area contributed by atoms with E-state index in [0.29, 0.717) is 11.5 Å². The molecule has 0 aromatic rings. The second-order valence-electron chi connectivity index (χ2n) is 4.41. The number of rotatable bonds is 5. The standard InChI is InChI=1S/C10H21NO2/c1-8(9(2)12-4)11-5-10(3)6-13-7-10/h8-9,11H,5-7H2,1-4H3. The van der Waals surface area contributed by atoms with Crippen LogP contribution < -0.4 is 5.32 Å². The minimum Gasteiger partial charge on any atom is -0.380 e. The molecule has 0 amide bonds. The quantitative estimate of drug-likeness (QED) is 0.697. The summed E-state index contributed by atoms with van der Waals surface area (Å²) >= 11 is 0. The van der Waals surface area contributed by atoms with Crippen LogP contribution in [0.15, 0.2) is 0 Å². The van der Waals surface area contributed by atoms with E-state index in [1.165, 1.54) is 0 Å². The third-order valence-corrected chi connectivity index (χ3v) is 2.83. The Hall–Kier alpha value is -0.120. The highest BCUT2D eigenvalue weighted by Crippen LogP contribution is 2.25. The lowest BCUT2D eigenvalue weighted by atomic mass is 9.88. The van der Waals surface area contributed by atoms with Crippen LogP contribution in [0.2, 0.25) is 0 Å². The van der Waals surface area contributed by atoms with Crippen molar-refractivity contribution in [2.75, 3.05) is 26.9 Å². The van der Waals surface area contributed by atoms with Gasteiger partial charge in [0.1, 0.15) is 0 Å². The van der Waals surface area contributed by atoms with Gasteiger partial charge >= 0.3 is 0 Å². The molecular formula is C10H21NO2. The van der Waals surface area contributed by atoms with Crippen molar-refractivity contribution in [2.45, 2.75) is 32.9 Å². The molecule has 0 aromatic carbocycles. The van der Waals surface area contributed by atoms with Crippen molar-refractivity contribution in [1.82, 2.24) is 5.32 Å². The second-order valence-corrected chi connectivity index (χ2v) is 4.41. The zero-order valence-electron chi connectivity index (χ0n) is 9.09. The van der Waals surface area contributed by atoms with E-state index < -0.39 is 0 Å². The summed E-state index contributed by atoms with van der Waals surface area (Å²) in [5.41, 5.74) is 0.349. The van der Waals surface area contributed by atoms with Gasteiger partial charge in [-0.25, -0.2) is 0 Å². The highest BCUT2D eigenvalue weighted by Gasteiger charge is 2.33. The molecule has 1 N–H and O–H groups in total. The van der Waals surface area contributed by atoms with Gasteiger partial charge < -0.3 is 14.8 Å². The Kier molecular flexibility index (Phi) is 3.71. The summed E-state index contributed by atoms with van der Waals surface area (Å²) in [5.74, 6) is 0. The van der Waals surface area contributed by atoms with Gasteiger partial charge in [0.15, 0.2) is 0 Å². The summed E-state index contributed by atoms with van der Waals surface area (Å²) in [4.78, 5) is 0. The first-order valence-electron chi connectivity index (χ1n) is 4.91. The van der Waals surface area contributed by atoms with Crippen molar-refractivity contribution in [2.24, 2.45) is 5.41 Å². The molecule has 2 atom stereocenters. The molecular weight excluding hydrogens is 166 g/mol. The zero-order chi connectivity index (χ0) is 9.90. The Morgan fingerprint density at radius 1 is 1.46 bits per heavy atom. The van der Waals surface area contributed by atoms with Gasteiger partial charge in [-0.05, 0) is 13.8 Å². The van der Waals surface area contributed by atoms with E-state index in [1.54, 1.807) is 7.11 Å². The van der Waals surface area contributed by atoms with E-state index in [4.69, 9.17) is 9.47 Å². The molecule has 1 fully saturated rings. The number of hydrogen-bond donors (Lipinski definition) is 1. The van der Waals surface area contributed by atoms with E-state index in [0.717, 1.165) is 19.8 Å². The second kappa shape index (κ2) is 4.40. The molecule has 0 spiro atoms. The van der Waals surface area contributed by atoms with Crippen LogP contribution in [-0.4, -0.2) is 39.0 Å². The molecule has 0 radical (unpaired) electrons. The topological polar surface area (TPSA) is 30.5 Å². The van der Waals surface area contributed by atoms with E-state index in [9.17, 15) is 0 Å². The zero-order valence-corrected chi connectivity index (χ0v) is 9.09. The summed E-state index contributed by atoms with van der Waals surface area (Å²) in [7, 11) is 1.75. The number of ether oxygens (including phenoxy) is 2. The highest BCUT2D eigenvalue weighted by atomic mass is 16.5. The van der Waals surface area contributed by atoms with Gasteiger partial charge in [0.2, 0.25) is 0 Å². The summed E-state index contributed by atoms with van der Waals surface area (Å²) in [6.45, 7) is 9.26. The van der Waals surface area contributed by atoms with Gasteiger partial charge in [-0.15, -0.1) is 0 Å². The van der Waals surface area contributed by atoms with Crippen LogP contribution in [-0.2, 0) is 9.47 Å². The van der Waals surface area contributed by atoms with Crippen LogP contribution in [0.3, 0.4) is 0 Å². The third kappa shape index (κ3) is 2.93. The Balaban J connectivity index is 2.17. The normalized spacial score (nSPS) is 24.9. The van der Waals surface area contributed by atoms with Crippen molar-refractivity contribution in [3.8, 4) is 0 Å². The van der Waals surface area contributed by atoms with Gasteiger partial charge in [-0.2, -0.15) is 0 Å². The maximum atomic E-state index is 5.24. The first-order chi connectivity index (χ1) is 6.07. The fourth-order valence-corrected chi connectivity index (χ4v) is 1.33. The average Bonchev–Trinajstić information content (AvgIpc) is 2.09. The van der Waals surface area contributed by atoms with Crippen molar-refractivity contribution in [3.05, 3.63) is 0 Å². The van der Waals surface area contributed by atoms with E-state index in [-0.39, 0.29) is 6.10 Å². The summed E-state index contributed by atoms with van der Waals surface area (Å²) in [6, 6.07) is 0.405. The number of hydrogen-bond acceptors (Lipinski definition) is 3. The molecule has 1 aliphatic heterocycles. The van der Waals surface area contributed by atoms with E-state index in [1.807, 2.05) is 0 Å².